The van der Waals surface area contributed by atoms with Crippen molar-refractivity contribution in [3.05, 3.63) is 59.4 Å². The van der Waals surface area contributed by atoms with Crippen LogP contribution in [0.15, 0.2) is 47.4 Å². The molecule has 2 rings (SSSR count). The molecular formula is C17H16F4N2O2S. The van der Waals surface area contributed by atoms with E-state index in [4.69, 9.17) is 5.41 Å². The van der Waals surface area contributed by atoms with Crippen LogP contribution >= 0.6 is 0 Å². The number of benzene rings is 2. The fourth-order valence-corrected chi connectivity index (χ4v) is 3.47. The summed E-state index contributed by atoms with van der Waals surface area (Å²) in [5.41, 5.74) is -0.429. The zero-order valence-corrected chi connectivity index (χ0v) is 14.5. The monoisotopic (exact) mass is 388 g/mol. The highest BCUT2D eigenvalue weighted by atomic mass is 32.2. The van der Waals surface area contributed by atoms with Crippen LogP contribution in [0.5, 0.6) is 0 Å². The molecule has 1 atom stereocenters. The van der Waals surface area contributed by atoms with Crippen LogP contribution in [0.25, 0.3) is 0 Å². The van der Waals surface area contributed by atoms with E-state index < -0.39 is 32.5 Å². The summed E-state index contributed by atoms with van der Waals surface area (Å²) < 4.78 is 79.0. The maximum absolute atomic E-state index is 13.9. The molecule has 0 fully saturated rings. The number of halogens is 4. The van der Waals surface area contributed by atoms with Gasteiger partial charge >= 0.3 is 6.18 Å². The summed E-state index contributed by atoms with van der Waals surface area (Å²) >= 11 is 0. The number of alkyl halides is 3. The molecule has 2 N–H and O–H groups in total. The molecule has 0 aliphatic heterocycles. The Labute approximate surface area is 148 Å². The van der Waals surface area contributed by atoms with Gasteiger partial charge in [-0.2, -0.15) is 13.2 Å². The van der Waals surface area contributed by atoms with Gasteiger partial charge in [-0.3, -0.25) is 4.72 Å². The number of nitrogens with one attached hydrogen (secondary N) is 2. The summed E-state index contributed by atoms with van der Waals surface area (Å²) in [4.78, 5) is -1.08. The Morgan fingerprint density at radius 2 is 1.88 bits per heavy atom. The molecular weight excluding hydrogens is 372 g/mol. The van der Waals surface area contributed by atoms with E-state index in [2.05, 4.69) is 4.72 Å². The van der Waals surface area contributed by atoms with Crippen molar-refractivity contribution in [3.8, 4) is 0 Å². The molecule has 0 saturated heterocycles. The molecule has 140 valence electrons. The summed E-state index contributed by atoms with van der Waals surface area (Å²) in [7, 11) is -4.55. The van der Waals surface area contributed by atoms with E-state index in [1.807, 2.05) is 6.92 Å². The lowest BCUT2D eigenvalue weighted by Gasteiger charge is -2.14. The zero-order chi connectivity index (χ0) is 19.5. The van der Waals surface area contributed by atoms with Crippen LogP contribution in [-0.4, -0.2) is 14.6 Å². The Morgan fingerprint density at radius 3 is 2.50 bits per heavy atom. The molecule has 0 spiro atoms. The normalized spacial score (nSPS) is 13.3. The summed E-state index contributed by atoms with van der Waals surface area (Å²) in [5, 5.41) is 7.12. The molecule has 0 aliphatic rings. The minimum atomic E-state index is -4.79. The largest absolute Gasteiger partial charge is 0.416 e. The lowest BCUT2D eigenvalue weighted by Crippen LogP contribution is -2.16. The first-order valence-corrected chi connectivity index (χ1v) is 9.01. The van der Waals surface area contributed by atoms with Gasteiger partial charge in [0.15, 0.2) is 0 Å². The summed E-state index contributed by atoms with van der Waals surface area (Å²) in [6.45, 7) is 1.84. The van der Waals surface area contributed by atoms with Crippen LogP contribution in [0.1, 0.15) is 30.4 Å². The van der Waals surface area contributed by atoms with Crippen LogP contribution < -0.4 is 4.72 Å². The molecule has 0 bridgehead atoms. The molecule has 0 unspecified atom stereocenters. The van der Waals surface area contributed by atoms with Gasteiger partial charge in [0.2, 0.25) is 0 Å². The van der Waals surface area contributed by atoms with E-state index in [0.29, 0.717) is 18.6 Å². The molecule has 0 aliphatic carbocycles. The highest BCUT2D eigenvalue weighted by molar-refractivity contribution is 7.92. The van der Waals surface area contributed by atoms with Crippen LogP contribution in [0.4, 0.5) is 23.2 Å². The third-order valence-electron chi connectivity index (χ3n) is 3.73. The van der Waals surface area contributed by atoms with E-state index in [1.54, 1.807) is 12.1 Å². The molecule has 0 radical (unpaired) electrons. The quantitative estimate of drug-likeness (QED) is 0.552. The van der Waals surface area contributed by atoms with Gasteiger partial charge < -0.3 is 5.41 Å². The van der Waals surface area contributed by atoms with Crippen LogP contribution in [0.3, 0.4) is 0 Å². The molecule has 0 heterocycles. The van der Waals surface area contributed by atoms with Crippen molar-refractivity contribution in [2.75, 3.05) is 4.72 Å². The van der Waals surface area contributed by atoms with Gasteiger partial charge in [-0.1, -0.05) is 19.1 Å². The van der Waals surface area contributed by atoms with Crippen molar-refractivity contribution in [1.82, 2.24) is 0 Å². The Hall–Kier alpha value is -2.42. The van der Waals surface area contributed by atoms with Gasteiger partial charge in [0.1, 0.15) is 10.7 Å². The van der Waals surface area contributed by atoms with Crippen LogP contribution in [-0.2, 0) is 16.2 Å². The molecule has 0 aromatic heterocycles. The molecule has 2 aromatic carbocycles. The standard InChI is InChI=1S/C17H16F4N2O2S/c1-11(7-8-22)12-3-2-4-14(9-12)23-26(24,25)16-10-13(17(19,20)21)5-6-15(16)18/h2-6,8-11,22-23H,7H2,1H3/t11-/m0/s1. The minimum Gasteiger partial charge on any atom is -0.313 e. The van der Waals surface area contributed by atoms with Crippen molar-refractivity contribution in [1.29, 1.82) is 5.41 Å². The van der Waals surface area contributed by atoms with Gasteiger partial charge in [0.25, 0.3) is 10.0 Å². The topological polar surface area (TPSA) is 70.0 Å². The Bertz CT molecular complexity index is 911. The van der Waals surface area contributed by atoms with Crippen molar-refractivity contribution >= 4 is 21.9 Å². The van der Waals surface area contributed by atoms with E-state index in [-0.39, 0.29) is 17.7 Å². The van der Waals surface area contributed by atoms with Gasteiger partial charge in [0, 0.05) is 5.69 Å². The second kappa shape index (κ2) is 7.45. The van der Waals surface area contributed by atoms with Crippen LogP contribution in [0, 0.1) is 11.2 Å². The number of hydrogen-bond donors (Lipinski definition) is 2. The van der Waals surface area contributed by atoms with E-state index in [0.717, 1.165) is 5.56 Å². The SMILES string of the molecule is C[C@@H](CC=N)c1cccc(NS(=O)(=O)c2cc(C(F)(F)F)ccc2F)c1. The second-order valence-corrected chi connectivity index (χ2v) is 7.37. The summed E-state index contributed by atoms with van der Waals surface area (Å²) in [5.74, 6) is -1.33. The highest BCUT2D eigenvalue weighted by Gasteiger charge is 2.33. The maximum Gasteiger partial charge on any atom is 0.416 e. The van der Waals surface area contributed by atoms with Crippen molar-refractivity contribution in [2.45, 2.75) is 30.3 Å². The molecule has 4 nitrogen and oxygen atoms in total. The highest BCUT2D eigenvalue weighted by Crippen LogP contribution is 2.32. The Kier molecular flexibility index (Phi) is 5.70. The molecule has 26 heavy (non-hydrogen) atoms. The van der Waals surface area contributed by atoms with Gasteiger partial charge in [-0.15, -0.1) is 0 Å². The van der Waals surface area contributed by atoms with Gasteiger partial charge in [-0.05, 0) is 54.4 Å². The van der Waals surface area contributed by atoms with E-state index >= 15 is 0 Å². The fraction of sp³-hybridized carbons (Fsp3) is 0.235. The third kappa shape index (κ3) is 4.60. The molecule has 0 amide bonds. The first-order chi connectivity index (χ1) is 12.0. The average molecular weight is 388 g/mol. The molecule has 9 heteroatoms. The summed E-state index contributed by atoms with van der Waals surface area (Å²) in [6, 6.07) is 7.42. The maximum atomic E-state index is 13.9. The third-order valence-corrected chi connectivity index (χ3v) is 5.12. The zero-order valence-electron chi connectivity index (χ0n) is 13.6. The fourth-order valence-electron chi connectivity index (χ4n) is 2.32. The predicted molar refractivity (Wildman–Crippen MR) is 90.5 cm³/mol. The average Bonchev–Trinajstić information content (AvgIpc) is 2.54. The molecule has 0 saturated carbocycles. The van der Waals surface area contributed by atoms with Crippen molar-refractivity contribution in [3.63, 3.8) is 0 Å². The summed E-state index contributed by atoms with van der Waals surface area (Å²) in [6.07, 6.45) is -3.13. The number of rotatable bonds is 6. The van der Waals surface area contributed by atoms with Crippen molar-refractivity contribution < 1.29 is 26.0 Å². The van der Waals surface area contributed by atoms with Crippen molar-refractivity contribution in [2.24, 2.45) is 0 Å². The lowest BCUT2D eigenvalue weighted by molar-refractivity contribution is -0.137. The van der Waals surface area contributed by atoms with Gasteiger partial charge in [0.05, 0.1) is 5.56 Å². The first kappa shape index (κ1) is 19.9. The number of anilines is 1. The number of sulfonamides is 1. The lowest BCUT2D eigenvalue weighted by atomic mass is 9.98. The second-order valence-electron chi connectivity index (χ2n) is 5.71. The van der Waals surface area contributed by atoms with Gasteiger partial charge in [-0.25, -0.2) is 12.8 Å². The van der Waals surface area contributed by atoms with Crippen LogP contribution in [0.2, 0.25) is 0 Å². The first-order valence-electron chi connectivity index (χ1n) is 7.53. The van der Waals surface area contributed by atoms with E-state index in [1.165, 1.54) is 18.3 Å². The molecule has 2 aromatic rings. The minimum absolute atomic E-state index is 0.0535. The Balaban J connectivity index is 2.38. The Morgan fingerprint density at radius 1 is 1.19 bits per heavy atom. The number of hydrogen-bond acceptors (Lipinski definition) is 3. The predicted octanol–water partition coefficient (Wildman–Crippen LogP) is 4.79. The van der Waals surface area contributed by atoms with E-state index in [9.17, 15) is 26.0 Å². The smallest absolute Gasteiger partial charge is 0.313 e.